The van der Waals surface area contributed by atoms with Gasteiger partial charge in [-0.3, -0.25) is 4.79 Å². The maximum absolute atomic E-state index is 11.3. The van der Waals surface area contributed by atoms with Gasteiger partial charge in [0.15, 0.2) is 5.16 Å². The summed E-state index contributed by atoms with van der Waals surface area (Å²) in [7, 11) is 0. The highest BCUT2D eigenvalue weighted by Gasteiger charge is 2.04. The van der Waals surface area contributed by atoms with Gasteiger partial charge in [0, 0.05) is 28.2 Å². The Morgan fingerprint density at radius 2 is 2.22 bits per heavy atom. The largest absolute Gasteiger partial charge is 0.398 e. The molecule has 2 rings (SSSR count). The van der Waals surface area contributed by atoms with Crippen molar-refractivity contribution in [2.45, 2.75) is 17.8 Å². The Kier molecular flexibility index (Phi) is 3.93. The molecule has 0 aliphatic carbocycles. The molecule has 0 bridgehead atoms. The Bertz CT molecular complexity index is 627. The fraction of sp³-hybridized carbons (Fsp3) is 0.167. The SMILES string of the molecule is Cc1cc(=O)[nH]c(SCc2ccc(Cl)cc2N)n1. The fourth-order valence-electron chi connectivity index (χ4n) is 1.46. The molecule has 0 saturated carbocycles. The van der Waals surface area contributed by atoms with Gasteiger partial charge in [-0.15, -0.1) is 0 Å². The predicted octanol–water partition coefficient (Wildman–Crippen LogP) is 2.61. The zero-order valence-electron chi connectivity index (χ0n) is 9.74. The Balaban J connectivity index is 2.13. The van der Waals surface area contributed by atoms with Crippen LogP contribution in [0.4, 0.5) is 5.69 Å². The molecule has 0 fully saturated rings. The number of nitrogens with zero attached hydrogens (tertiary/aromatic N) is 1. The zero-order valence-corrected chi connectivity index (χ0v) is 11.3. The van der Waals surface area contributed by atoms with E-state index in [4.69, 9.17) is 17.3 Å². The Morgan fingerprint density at radius 3 is 2.89 bits per heavy atom. The summed E-state index contributed by atoms with van der Waals surface area (Å²) >= 11 is 7.26. The normalized spacial score (nSPS) is 10.6. The summed E-state index contributed by atoms with van der Waals surface area (Å²) in [5.41, 5.74) is 8.02. The summed E-state index contributed by atoms with van der Waals surface area (Å²) in [6.07, 6.45) is 0. The summed E-state index contributed by atoms with van der Waals surface area (Å²) in [6.45, 7) is 1.79. The number of nitrogen functional groups attached to an aromatic ring is 1. The van der Waals surface area contributed by atoms with E-state index in [0.29, 0.717) is 27.3 Å². The van der Waals surface area contributed by atoms with Gasteiger partial charge in [-0.05, 0) is 24.6 Å². The van der Waals surface area contributed by atoms with Gasteiger partial charge < -0.3 is 10.7 Å². The van der Waals surface area contributed by atoms with E-state index in [1.807, 2.05) is 6.07 Å². The number of aryl methyl sites for hydroxylation is 1. The van der Waals surface area contributed by atoms with Crippen molar-refractivity contribution in [2.75, 3.05) is 5.73 Å². The van der Waals surface area contributed by atoms with Crippen LogP contribution in [0.25, 0.3) is 0 Å². The maximum atomic E-state index is 11.3. The van der Waals surface area contributed by atoms with Gasteiger partial charge in [0.25, 0.3) is 5.56 Å². The number of nitrogens with two attached hydrogens (primary N) is 1. The molecule has 18 heavy (non-hydrogen) atoms. The summed E-state index contributed by atoms with van der Waals surface area (Å²) in [5, 5.41) is 1.21. The van der Waals surface area contributed by atoms with Crippen LogP contribution in [0.3, 0.4) is 0 Å². The number of nitrogens with one attached hydrogen (secondary N) is 1. The highest BCUT2D eigenvalue weighted by atomic mass is 35.5. The van der Waals surface area contributed by atoms with E-state index in [1.165, 1.54) is 17.8 Å². The van der Waals surface area contributed by atoms with Crippen molar-refractivity contribution in [1.29, 1.82) is 0 Å². The highest BCUT2D eigenvalue weighted by molar-refractivity contribution is 7.98. The van der Waals surface area contributed by atoms with Gasteiger partial charge in [-0.25, -0.2) is 4.98 Å². The standard InChI is InChI=1S/C12H12ClN3OS/c1-7-4-11(17)16-12(15-7)18-6-8-2-3-9(13)5-10(8)14/h2-5H,6,14H2,1H3,(H,15,16,17). The molecule has 0 atom stereocenters. The van der Waals surface area contributed by atoms with Crippen LogP contribution in [0.1, 0.15) is 11.3 Å². The van der Waals surface area contributed by atoms with Crippen molar-refractivity contribution in [1.82, 2.24) is 9.97 Å². The van der Waals surface area contributed by atoms with Crippen LogP contribution in [0, 0.1) is 6.92 Å². The number of benzene rings is 1. The van der Waals surface area contributed by atoms with Gasteiger partial charge in [0.05, 0.1) is 0 Å². The molecule has 2 aromatic rings. The van der Waals surface area contributed by atoms with Crippen LogP contribution < -0.4 is 11.3 Å². The Hall–Kier alpha value is -1.46. The number of H-pyrrole nitrogens is 1. The third-order valence-electron chi connectivity index (χ3n) is 2.32. The summed E-state index contributed by atoms with van der Waals surface area (Å²) < 4.78 is 0. The smallest absolute Gasteiger partial charge is 0.251 e. The van der Waals surface area contributed by atoms with Gasteiger partial charge in [0.2, 0.25) is 0 Å². The second-order valence-corrected chi connectivity index (χ2v) is 5.22. The van der Waals surface area contributed by atoms with Gasteiger partial charge >= 0.3 is 0 Å². The Labute approximate surface area is 114 Å². The number of hydrogen-bond donors (Lipinski definition) is 2. The quantitative estimate of drug-likeness (QED) is 0.515. The van der Waals surface area contributed by atoms with Crippen molar-refractivity contribution < 1.29 is 0 Å². The molecule has 3 N–H and O–H groups in total. The number of halogens is 1. The average Bonchev–Trinajstić information content (AvgIpc) is 2.26. The van der Waals surface area contributed by atoms with Crippen molar-refractivity contribution >= 4 is 29.1 Å². The molecule has 0 amide bonds. The summed E-state index contributed by atoms with van der Waals surface area (Å²) in [4.78, 5) is 18.2. The topological polar surface area (TPSA) is 71.8 Å². The van der Waals surface area contributed by atoms with Gasteiger partial charge in [-0.2, -0.15) is 0 Å². The molecule has 0 unspecified atom stereocenters. The van der Waals surface area contributed by atoms with Crippen LogP contribution in [0.5, 0.6) is 0 Å². The zero-order chi connectivity index (χ0) is 13.1. The van der Waals surface area contributed by atoms with Crippen LogP contribution >= 0.6 is 23.4 Å². The molecule has 6 heteroatoms. The molecule has 0 aliphatic rings. The molecular formula is C12H12ClN3OS. The molecule has 0 spiro atoms. The first-order chi connectivity index (χ1) is 8.54. The fourth-order valence-corrected chi connectivity index (χ4v) is 2.58. The van der Waals surface area contributed by atoms with E-state index < -0.39 is 0 Å². The van der Waals surface area contributed by atoms with Crippen molar-refractivity contribution in [3.05, 3.63) is 50.9 Å². The highest BCUT2D eigenvalue weighted by Crippen LogP contribution is 2.24. The number of thioether (sulfide) groups is 1. The van der Waals surface area contributed by atoms with Gasteiger partial charge in [0.1, 0.15) is 0 Å². The van der Waals surface area contributed by atoms with Crippen LogP contribution in [0.15, 0.2) is 34.2 Å². The third-order valence-corrected chi connectivity index (χ3v) is 3.48. The molecule has 0 saturated heterocycles. The first-order valence-electron chi connectivity index (χ1n) is 5.29. The molecule has 94 valence electrons. The second kappa shape index (κ2) is 5.46. The number of rotatable bonds is 3. The first-order valence-corrected chi connectivity index (χ1v) is 6.65. The van der Waals surface area contributed by atoms with E-state index in [1.54, 1.807) is 19.1 Å². The van der Waals surface area contributed by atoms with Crippen LogP contribution in [-0.2, 0) is 5.75 Å². The summed E-state index contributed by atoms with van der Waals surface area (Å²) in [5.74, 6) is 0.634. The second-order valence-electron chi connectivity index (χ2n) is 3.82. The van der Waals surface area contributed by atoms with Crippen molar-refractivity contribution in [2.24, 2.45) is 0 Å². The maximum Gasteiger partial charge on any atom is 0.251 e. The van der Waals surface area contributed by atoms with Crippen molar-refractivity contribution in [3.8, 4) is 0 Å². The van der Waals surface area contributed by atoms with E-state index in [0.717, 1.165) is 5.56 Å². The molecule has 4 nitrogen and oxygen atoms in total. The molecule has 1 aromatic heterocycles. The summed E-state index contributed by atoms with van der Waals surface area (Å²) in [6, 6.07) is 6.84. The monoisotopic (exact) mass is 281 g/mol. The Morgan fingerprint density at radius 1 is 1.44 bits per heavy atom. The number of aromatic amines is 1. The minimum atomic E-state index is -0.144. The van der Waals surface area contributed by atoms with E-state index >= 15 is 0 Å². The number of aromatic nitrogens is 2. The number of hydrogen-bond acceptors (Lipinski definition) is 4. The van der Waals surface area contributed by atoms with Crippen LogP contribution in [-0.4, -0.2) is 9.97 Å². The molecule has 0 radical (unpaired) electrons. The lowest BCUT2D eigenvalue weighted by Crippen LogP contribution is -2.08. The third kappa shape index (κ3) is 3.27. The van der Waals surface area contributed by atoms with Gasteiger partial charge in [-0.1, -0.05) is 29.4 Å². The van der Waals surface area contributed by atoms with E-state index in [-0.39, 0.29) is 5.56 Å². The lowest BCUT2D eigenvalue weighted by Gasteiger charge is -2.05. The minimum Gasteiger partial charge on any atom is -0.398 e. The molecule has 1 aromatic carbocycles. The first kappa shape index (κ1) is 13.0. The minimum absolute atomic E-state index is 0.144. The van der Waals surface area contributed by atoms with Crippen molar-refractivity contribution in [3.63, 3.8) is 0 Å². The van der Waals surface area contributed by atoms with Crippen LogP contribution in [0.2, 0.25) is 5.02 Å². The molecular weight excluding hydrogens is 270 g/mol. The predicted molar refractivity (Wildman–Crippen MR) is 75.0 cm³/mol. The lowest BCUT2D eigenvalue weighted by atomic mass is 10.2. The molecule has 0 aliphatic heterocycles. The average molecular weight is 282 g/mol. The van der Waals surface area contributed by atoms with E-state index in [2.05, 4.69) is 9.97 Å². The number of anilines is 1. The lowest BCUT2D eigenvalue weighted by molar-refractivity contribution is 0.905. The molecule has 1 heterocycles. The van der Waals surface area contributed by atoms with E-state index in [9.17, 15) is 4.79 Å².